The van der Waals surface area contributed by atoms with Gasteiger partial charge in [-0.1, -0.05) is 121 Å². The largest absolute Gasteiger partial charge is 0.435 e. The van der Waals surface area contributed by atoms with E-state index in [1.165, 1.54) is 21.9 Å². The van der Waals surface area contributed by atoms with Gasteiger partial charge in [0, 0.05) is 28.1 Å². The van der Waals surface area contributed by atoms with Gasteiger partial charge < -0.3 is 9.32 Å². The molecule has 0 unspecified atom stereocenters. The molecule has 1 aromatic heterocycles. The van der Waals surface area contributed by atoms with Gasteiger partial charge in [-0.15, -0.1) is 0 Å². The summed E-state index contributed by atoms with van der Waals surface area (Å²) in [5.41, 5.74) is 10.3. The summed E-state index contributed by atoms with van der Waals surface area (Å²) >= 11 is 0. The normalized spacial score (nSPS) is 11.2. The molecule has 44 heavy (non-hydrogen) atoms. The average Bonchev–Trinajstić information content (AvgIpc) is 3.55. The first-order chi connectivity index (χ1) is 21.8. The van der Waals surface area contributed by atoms with Gasteiger partial charge in [0.15, 0.2) is 5.58 Å². The molecule has 0 N–H and O–H groups in total. The fourth-order valence-electron chi connectivity index (χ4n) is 5.95. The van der Waals surface area contributed by atoms with E-state index in [2.05, 4.69) is 163 Å². The van der Waals surface area contributed by atoms with Gasteiger partial charge in [0.25, 0.3) is 0 Å². The first-order valence-corrected chi connectivity index (χ1v) is 14.8. The summed E-state index contributed by atoms with van der Waals surface area (Å²) < 4.78 is 6.45. The maximum atomic E-state index is 6.45. The third-order valence-electron chi connectivity index (χ3n) is 8.09. The molecule has 0 fully saturated rings. The second-order valence-corrected chi connectivity index (χ2v) is 10.8. The zero-order valence-electron chi connectivity index (χ0n) is 24.0. The molecule has 0 saturated heterocycles. The minimum Gasteiger partial charge on any atom is -0.435 e. The molecule has 3 nitrogen and oxygen atoms in total. The molecule has 7 aromatic carbocycles. The summed E-state index contributed by atoms with van der Waals surface area (Å²) in [6.07, 6.45) is 0. The molecule has 0 amide bonds. The molecule has 0 aliphatic rings. The summed E-state index contributed by atoms with van der Waals surface area (Å²) in [4.78, 5) is 7.18. The first-order valence-electron chi connectivity index (χ1n) is 14.8. The smallest absolute Gasteiger partial charge is 0.227 e. The number of anilines is 3. The summed E-state index contributed by atoms with van der Waals surface area (Å²) in [5.74, 6) is 0.627. The number of hydrogen-bond donors (Lipinski definition) is 0. The number of hydrogen-bond acceptors (Lipinski definition) is 3. The van der Waals surface area contributed by atoms with Gasteiger partial charge in [-0.3, -0.25) is 0 Å². The molecule has 0 radical (unpaired) electrons. The number of fused-ring (bicyclic) bond motifs is 2. The van der Waals surface area contributed by atoms with Gasteiger partial charge in [0.2, 0.25) is 5.89 Å². The van der Waals surface area contributed by atoms with Crippen molar-refractivity contribution in [3.8, 4) is 33.7 Å². The second-order valence-electron chi connectivity index (χ2n) is 10.8. The van der Waals surface area contributed by atoms with E-state index in [1.54, 1.807) is 0 Å². The molecule has 1 heterocycles. The quantitative estimate of drug-likeness (QED) is 0.201. The Labute approximate surface area is 256 Å². The molecule has 0 saturated carbocycles. The van der Waals surface area contributed by atoms with E-state index in [0.717, 1.165) is 44.9 Å². The van der Waals surface area contributed by atoms with E-state index in [1.807, 2.05) is 12.1 Å². The molecule has 8 rings (SSSR count). The van der Waals surface area contributed by atoms with Crippen LogP contribution in [0.25, 0.3) is 55.6 Å². The van der Waals surface area contributed by atoms with E-state index in [4.69, 9.17) is 9.40 Å². The summed E-state index contributed by atoms with van der Waals surface area (Å²) in [6, 6.07) is 59.2. The third-order valence-corrected chi connectivity index (χ3v) is 8.09. The van der Waals surface area contributed by atoms with Crippen LogP contribution in [0.1, 0.15) is 0 Å². The van der Waals surface area contributed by atoms with Crippen molar-refractivity contribution in [2.45, 2.75) is 0 Å². The number of benzene rings is 7. The highest BCUT2D eigenvalue weighted by Gasteiger charge is 2.18. The minimum absolute atomic E-state index is 0.627. The summed E-state index contributed by atoms with van der Waals surface area (Å²) in [7, 11) is 0. The zero-order valence-corrected chi connectivity index (χ0v) is 24.0. The first kappa shape index (κ1) is 25.8. The van der Waals surface area contributed by atoms with Gasteiger partial charge in [-0.2, -0.15) is 0 Å². The Hall–Kier alpha value is -5.93. The molecule has 3 heteroatoms. The highest BCUT2D eigenvalue weighted by Crippen LogP contribution is 2.41. The fraction of sp³-hybridized carbons (Fsp3) is 0. The van der Waals surface area contributed by atoms with Crippen LogP contribution in [0.3, 0.4) is 0 Å². The average molecular weight is 565 g/mol. The molecule has 208 valence electrons. The van der Waals surface area contributed by atoms with Crippen LogP contribution < -0.4 is 4.90 Å². The summed E-state index contributed by atoms with van der Waals surface area (Å²) in [5, 5.41) is 2.36. The third kappa shape index (κ3) is 4.71. The van der Waals surface area contributed by atoms with Crippen molar-refractivity contribution >= 4 is 38.9 Å². The zero-order chi connectivity index (χ0) is 29.3. The summed E-state index contributed by atoms with van der Waals surface area (Å²) in [6.45, 7) is 0. The van der Waals surface area contributed by atoms with E-state index >= 15 is 0 Å². The monoisotopic (exact) mass is 564 g/mol. The minimum atomic E-state index is 0.627. The van der Waals surface area contributed by atoms with Gasteiger partial charge >= 0.3 is 0 Å². The molecule has 0 aliphatic heterocycles. The molecule has 0 bridgehead atoms. The van der Waals surface area contributed by atoms with E-state index in [9.17, 15) is 0 Å². The maximum absolute atomic E-state index is 6.45. The van der Waals surface area contributed by atoms with Gasteiger partial charge in [-0.05, 0) is 70.4 Å². The number of rotatable bonds is 6. The van der Waals surface area contributed by atoms with Crippen molar-refractivity contribution in [2.24, 2.45) is 0 Å². The van der Waals surface area contributed by atoms with Crippen LogP contribution in [-0.2, 0) is 0 Å². The van der Waals surface area contributed by atoms with Crippen LogP contribution in [0.2, 0.25) is 0 Å². The number of nitrogens with zero attached hydrogens (tertiary/aromatic N) is 2. The Morgan fingerprint density at radius 3 is 1.86 bits per heavy atom. The SMILES string of the molecule is c1ccc(-c2ccccc2N(c2ccccc2)c2ccc(-c3cccc4nc(-c5ccc6ccccc6c5)oc34)cc2)cc1. The lowest BCUT2D eigenvalue weighted by Gasteiger charge is -2.28. The van der Waals surface area contributed by atoms with Crippen molar-refractivity contribution in [2.75, 3.05) is 4.90 Å². The van der Waals surface area contributed by atoms with E-state index < -0.39 is 0 Å². The Kier molecular flexibility index (Phi) is 6.47. The maximum Gasteiger partial charge on any atom is 0.227 e. The Morgan fingerprint density at radius 2 is 1.05 bits per heavy atom. The van der Waals surface area contributed by atoms with Crippen LogP contribution in [0, 0.1) is 0 Å². The van der Waals surface area contributed by atoms with Crippen molar-refractivity contribution in [1.29, 1.82) is 0 Å². The van der Waals surface area contributed by atoms with E-state index in [-0.39, 0.29) is 0 Å². The van der Waals surface area contributed by atoms with Crippen LogP contribution in [0.5, 0.6) is 0 Å². The van der Waals surface area contributed by atoms with Crippen molar-refractivity contribution in [1.82, 2.24) is 4.98 Å². The van der Waals surface area contributed by atoms with Crippen LogP contribution >= 0.6 is 0 Å². The number of aromatic nitrogens is 1. The highest BCUT2D eigenvalue weighted by molar-refractivity contribution is 5.94. The number of oxazole rings is 1. The highest BCUT2D eigenvalue weighted by atomic mass is 16.3. The fourth-order valence-corrected chi connectivity index (χ4v) is 5.95. The molecular formula is C41H28N2O. The van der Waals surface area contributed by atoms with Crippen molar-refractivity contribution in [3.05, 3.63) is 170 Å². The lowest BCUT2D eigenvalue weighted by molar-refractivity contribution is 0.621. The Balaban J connectivity index is 1.20. The van der Waals surface area contributed by atoms with Gasteiger partial charge in [-0.25, -0.2) is 4.98 Å². The predicted molar refractivity (Wildman–Crippen MR) is 183 cm³/mol. The standard InChI is InChI=1S/C41H28N2O/c1-3-13-30(14-4-1)36-18-9-10-21-39(36)43(34-16-5-2-6-17-34)35-26-24-31(25-27-35)37-19-11-20-38-40(37)44-41(42-38)33-23-22-29-12-7-8-15-32(29)28-33/h1-28H. The van der Waals surface area contributed by atoms with Gasteiger partial charge in [0.1, 0.15) is 5.52 Å². The Bertz CT molecular complexity index is 2220. The molecular weight excluding hydrogens is 536 g/mol. The van der Waals surface area contributed by atoms with Gasteiger partial charge in [0.05, 0.1) is 5.69 Å². The predicted octanol–water partition coefficient (Wildman–Crippen LogP) is 11.5. The van der Waals surface area contributed by atoms with E-state index in [0.29, 0.717) is 5.89 Å². The Morgan fingerprint density at radius 1 is 0.432 bits per heavy atom. The molecule has 8 aromatic rings. The lowest BCUT2D eigenvalue weighted by atomic mass is 10.0. The number of para-hydroxylation sites is 3. The van der Waals surface area contributed by atoms with Crippen molar-refractivity contribution in [3.63, 3.8) is 0 Å². The topological polar surface area (TPSA) is 29.3 Å². The van der Waals surface area contributed by atoms with Crippen LogP contribution in [-0.4, -0.2) is 4.98 Å². The van der Waals surface area contributed by atoms with Crippen LogP contribution in [0.15, 0.2) is 174 Å². The second kappa shape index (κ2) is 11.0. The molecule has 0 atom stereocenters. The van der Waals surface area contributed by atoms with Crippen LogP contribution in [0.4, 0.5) is 17.1 Å². The molecule has 0 spiro atoms. The molecule has 0 aliphatic carbocycles. The lowest BCUT2D eigenvalue weighted by Crippen LogP contribution is -2.11. The van der Waals surface area contributed by atoms with Crippen molar-refractivity contribution < 1.29 is 4.42 Å².